The highest BCUT2D eigenvalue weighted by Crippen LogP contribution is 2.26. The summed E-state index contributed by atoms with van der Waals surface area (Å²) < 4.78 is 0. The second-order valence-electron chi connectivity index (χ2n) is 5.86. The first kappa shape index (κ1) is 13.7. The van der Waals surface area contributed by atoms with Gasteiger partial charge >= 0.3 is 0 Å². The molecular weight excluding hydrogens is 286 g/mol. The molecule has 2 aromatic heterocycles. The number of anilines is 2. The standard InChI is InChI=1S/C18H17N5/c1-11(2)17-22-14-6-4-3-5-13(14)18(23-17)21-12-7-8-15-16(9-12)20-10-19-15/h3-11H,1-2H3,(H,19,20)(H,21,22,23). The van der Waals surface area contributed by atoms with Crippen LogP contribution in [-0.2, 0) is 0 Å². The number of aromatic nitrogens is 4. The number of hydrogen-bond donors (Lipinski definition) is 2. The van der Waals surface area contributed by atoms with Crippen molar-refractivity contribution in [3.8, 4) is 0 Å². The van der Waals surface area contributed by atoms with Gasteiger partial charge < -0.3 is 10.3 Å². The molecular formula is C18H17N5. The van der Waals surface area contributed by atoms with Crippen molar-refractivity contribution in [2.24, 2.45) is 0 Å². The van der Waals surface area contributed by atoms with E-state index in [4.69, 9.17) is 4.98 Å². The molecule has 4 aromatic rings. The number of nitrogens with one attached hydrogen (secondary N) is 2. The molecule has 2 aromatic carbocycles. The number of para-hydroxylation sites is 1. The molecule has 0 saturated heterocycles. The average molecular weight is 303 g/mol. The Morgan fingerprint density at radius 3 is 2.74 bits per heavy atom. The molecule has 0 fully saturated rings. The van der Waals surface area contributed by atoms with Gasteiger partial charge in [0, 0.05) is 17.0 Å². The maximum atomic E-state index is 4.72. The Balaban J connectivity index is 1.83. The third-order valence-corrected chi connectivity index (χ3v) is 3.82. The number of hydrogen-bond acceptors (Lipinski definition) is 4. The molecule has 0 saturated carbocycles. The van der Waals surface area contributed by atoms with Crippen molar-refractivity contribution < 1.29 is 0 Å². The van der Waals surface area contributed by atoms with Gasteiger partial charge in [0.25, 0.3) is 0 Å². The molecule has 0 bridgehead atoms. The first-order valence-corrected chi connectivity index (χ1v) is 7.67. The van der Waals surface area contributed by atoms with Crippen LogP contribution < -0.4 is 5.32 Å². The highest BCUT2D eigenvalue weighted by molar-refractivity contribution is 5.91. The summed E-state index contributed by atoms with van der Waals surface area (Å²) in [6.45, 7) is 4.20. The van der Waals surface area contributed by atoms with Crippen LogP contribution in [0.2, 0.25) is 0 Å². The SMILES string of the molecule is CC(C)c1nc(Nc2ccc3nc[nH]c3c2)c2ccccc2n1. The third kappa shape index (κ3) is 2.50. The molecule has 0 unspecified atom stereocenters. The Labute approximate surface area is 133 Å². The predicted molar refractivity (Wildman–Crippen MR) is 93.0 cm³/mol. The van der Waals surface area contributed by atoms with Crippen LogP contribution in [-0.4, -0.2) is 19.9 Å². The maximum Gasteiger partial charge on any atom is 0.142 e. The second-order valence-corrected chi connectivity index (χ2v) is 5.86. The van der Waals surface area contributed by atoms with E-state index in [0.717, 1.165) is 39.3 Å². The maximum absolute atomic E-state index is 4.72. The molecule has 0 amide bonds. The Morgan fingerprint density at radius 2 is 1.87 bits per heavy atom. The highest BCUT2D eigenvalue weighted by Gasteiger charge is 2.10. The van der Waals surface area contributed by atoms with E-state index in [0.29, 0.717) is 0 Å². The molecule has 0 atom stereocenters. The highest BCUT2D eigenvalue weighted by atomic mass is 15.0. The summed E-state index contributed by atoms with van der Waals surface area (Å²) in [7, 11) is 0. The van der Waals surface area contributed by atoms with E-state index < -0.39 is 0 Å². The number of H-pyrrole nitrogens is 1. The van der Waals surface area contributed by atoms with E-state index >= 15 is 0 Å². The summed E-state index contributed by atoms with van der Waals surface area (Å²) in [5, 5.41) is 4.44. The second kappa shape index (κ2) is 5.35. The minimum Gasteiger partial charge on any atom is -0.345 e. The van der Waals surface area contributed by atoms with Crippen LogP contribution in [0.25, 0.3) is 21.9 Å². The summed E-state index contributed by atoms with van der Waals surface area (Å²) in [6, 6.07) is 14.1. The van der Waals surface area contributed by atoms with Crippen molar-refractivity contribution in [2.45, 2.75) is 19.8 Å². The number of aromatic amines is 1. The summed E-state index contributed by atoms with van der Waals surface area (Å²) in [4.78, 5) is 16.7. The number of fused-ring (bicyclic) bond motifs is 2. The van der Waals surface area contributed by atoms with Crippen LogP contribution in [0.1, 0.15) is 25.6 Å². The predicted octanol–water partition coefficient (Wildman–Crippen LogP) is 4.37. The van der Waals surface area contributed by atoms with Crippen molar-refractivity contribution >= 4 is 33.4 Å². The lowest BCUT2D eigenvalue weighted by Crippen LogP contribution is -2.03. The van der Waals surface area contributed by atoms with Crippen molar-refractivity contribution in [3.63, 3.8) is 0 Å². The smallest absolute Gasteiger partial charge is 0.142 e. The zero-order valence-electron chi connectivity index (χ0n) is 13.0. The molecule has 23 heavy (non-hydrogen) atoms. The largest absolute Gasteiger partial charge is 0.345 e. The van der Waals surface area contributed by atoms with E-state index in [-0.39, 0.29) is 5.92 Å². The number of nitrogens with zero attached hydrogens (tertiary/aromatic N) is 3. The van der Waals surface area contributed by atoms with Gasteiger partial charge in [-0.1, -0.05) is 26.0 Å². The van der Waals surface area contributed by atoms with Gasteiger partial charge in [-0.25, -0.2) is 15.0 Å². The van der Waals surface area contributed by atoms with Gasteiger partial charge in [-0.3, -0.25) is 0 Å². The van der Waals surface area contributed by atoms with Crippen molar-refractivity contribution in [3.05, 3.63) is 54.6 Å². The molecule has 0 radical (unpaired) electrons. The molecule has 0 aliphatic rings. The molecule has 0 aliphatic carbocycles. The minimum atomic E-state index is 0.273. The number of rotatable bonds is 3. The van der Waals surface area contributed by atoms with Crippen molar-refractivity contribution in [2.75, 3.05) is 5.32 Å². The third-order valence-electron chi connectivity index (χ3n) is 3.82. The van der Waals surface area contributed by atoms with Crippen LogP contribution in [0.3, 0.4) is 0 Å². The van der Waals surface area contributed by atoms with Gasteiger partial charge in [0.1, 0.15) is 11.6 Å². The van der Waals surface area contributed by atoms with E-state index in [2.05, 4.69) is 34.1 Å². The molecule has 2 N–H and O–H groups in total. The van der Waals surface area contributed by atoms with E-state index in [1.54, 1.807) is 6.33 Å². The topological polar surface area (TPSA) is 66.5 Å². The Morgan fingerprint density at radius 1 is 1.00 bits per heavy atom. The fourth-order valence-electron chi connectivity index (χ4n) is 2.60. The van der Waals surface area contributed by atoms with Gasteiger partial charge in [-0.2, -0.15) is 0 Å². The number of benzene rings is 2. The minimum absolute atomic E-state index is 0.273. The van der Waals surface area contributed by atoms with E-state index in [1.807, 2.05) is 42.5 Å². The van der Waals surface area contributed by atoms with Gasteiger partial charge in [0.05, 0.1) is 22.9 Å². The molecule has 114 valence electrons. The lowest BCUT2D eigenvalue weighted by molar-refractivity contribution is 0.785. The first-order chi connectivity index (χ1) is 11.2. The average Bonchev–Trinajstić information content (AvgIpc) is 3.02. The number of imidazole rings is 1. The molecule has 0 aliphatic heterocycles. The Kier molecular flexibility index (Phi) is 3.19. The quantitative estimate of drug-likeness (QED) is 0.589. The van der Waals surface area contributed by atoms with Gasteiger partial charge in [-0.15, -0.1) is 0 Å². The van der Waals surface area contributed by atoms with Gasteiger partial charge in [0.2, 0.25) is 0 Å². The van der Waals surface area contributed by atoms with Crippen LogP contribution in [0.15, 0.2) is 48.8 Å². The summed E-state index contributed by atoms with van der Waals surface area (Å²) >= 11 is 0. The zero-order chi connectivity index (χ0) is 15.8. The van der Waals surface area contributed by atoms with Crippen LogP contribution in [0, 0.1) is 0 Å². The van der Waals surface area contributed by atoms with Crippen LogP contribution in [0.4, 0.5) is 11.5 Å². The van der Waals surface area contributed by atoms with Crippen LogP contribution in [0.5, 0.6) is 0 Å². The molecule has 5 nitrogen and oxygen atoms in total. The van der Waals surface area contributed by atoms with Gasteiger partial charge in [-0.05, 0) is 30.3 Å². The fraction of sp³-hybridized carbons (Fsp3) is 0.167. The summed E-state index contributed by atoms with van der Waals surface area (Å²) in [5.74, 6) is 1.95. The Bertz CT molecular complexity index is 987. The lowest BCUT2D eigenvalue weighted by Gasteiger charge is -2.12. The van der Waals surface area contributed by atoms with E-state index in [1.165, 1.54) is 0 Å². The molecule has 5 heteroatoms. The van der Waals surface area contributed by atoms with Crippen molar-refractivity contribution in [1.82, 2.24) is 19.9 Å². The van der Waals surface area contributed by atoms with Crippen molar-refractivity contribution in [1.29, 1.82) is 0 Å². The summed E-state index contributed by atoms with van der Waals surface area (Å²) in [6.07, 6.45) is 1.70. The Hall–Kier alpha value is -2.95. The molecule has 2 heterocycles. The fourth-order valence-corrected chi connectivity index (χ4v) is 2.60. The monoisotopic (exact) mass is 303 g/mol. The van der Waals surface area contributed by atoms with Gasteiger partial charge in [0.15, 0.2) is 0 Å². The van der Waals surface area contributed by atoms with E-state index in [9.17, 15) is 0 Å². The van der Waals surface area contributed by atoms with Crippen LogP contribution >= 0.6 is 0 Å². The first-order valence-electron chi connectivity index (χ1n) is 7.67. The zero-order valence-corrected chi connectivity index (χ0v) is 13.0. The summed E-state index contributed by atoms with van der Waals surface area (Å²) in [5.41, 5.74) is 3.88. The molecule has 4 rings (SSSR count). The normalized spacial score (nSPS) is 11.4. The molecule has 0 spiro atoms. The lowest BCUT2D eigenvalue weighted by atomic mass is 10.1.